The minimum absolute atomic E-state index is 0.481. The summed E-state index contributed by atoms with van der Waals surface area (Å²) in [6.45, 7) is 1.48. The first kappa shape index (κ1) is 20.6. The van der Waals surface area contributed by atoms with Crippen molar-refractivity contribution in [3.63, 3.8) is 0 Å². The highest BCUT2D eigenvalue weighted by atomic mass is 32.1. The van der Waals surface area contributed by atoms with Crippen LogP contribution in [0.15, 0.2) is 48.8 Å². The summed E-state index contributed by atoms with van der Waals surface area (Å²) in [4.78, 5) is 6.50. The number of rotatable bonds is 6. The van der Waals surface area contributed by atoms with Gasteiger partial charge in [0.05, 0.1) is 7.11 Å². The molecule has 0 atom stereocenters. The molecular weight excluding hydrogens is 366 g/mol. The quantitative estimate of drug-likeness (QED) is 0.688. The molecule has 28 heavy (non-hydrogen) atoms. The van der Waals surface area contributed by atoms with Crippen molar-refractivity contribution in [3.8, 4) is 5.75 Å². The van der Waals surface area contributed by atoms with Gasteiger partial charge < -0.3 is 15.0 Å². The maximum atomic E-state index is 5.86. The summed E-state index contributed by atoms with van der Waals surface area (Å²) >= 11 is 5.86. The standard InChI is InChI=1S/C23H31N3OS/c1-27-22-13-7-9-19(15-22)17-26(18-20-10-8-14-24-16-20)23(28)25-21-11-5-3-2-4-6-12-21/h7-10,13-16,21H,2-6,11-12,17-18H2,1H3,(H,25,28). The third-order valence-electron chi connectivity index (χ3n) is 5.32. The first-order chi connectivity index (χ1) is 13.7. The smallest absolute Gasteiger partial charge is 0.169 e. The van der Waals surface area contributed by atoms with Gasteiger partial charge in [-0.25, -0.2) is 0 Å². The van der Waals surface area contributed by atoms with Gasteiger partial charge in [-0.1, -0.05) is 50.3 Å². The Morgan fingerprint density at radius 3 is 2.50 bits per heavy atom. The van der Waals surface area contributed by atoms with E-state index in [0.29, 0.717) is 6.04 Å². The number of nitrogens with zero attached hydrogens (tertiary/aromatic N) is 2. The fourth-order valence-corrected chi connectivity index (χ4v) is 4.06. The molecule has 1 aliphatic rings. The number of hydrogen-bond acceptors (Lipinski definition) is 3. The number of pyridine rings is 1. The van der Waals surface area contributed by atoms with E-state index in [4.69, 9.17) is 17.0 Å². The Balaban J connectivity index is 1.71. The molecule has 0 spiro atoms. The van der Waals surface area contributed by atoms with E-state index in [2.05, 4.69) is 33.4 Å². The van der Waals surface area contributed by atoms with Crippen molar-refractivity contribution in [2.45, 2.75) is 64.1 Å². The summed E-state index contributed by atoms with van der Waals surface area (Å²) in [5.41, 5.74) is 2.34. The van der Waals surface area contributed by atoms with E-state index in [1.54, 1.807) is 13.3 Å². The van der Waals surface area contributed by atoms with E-state index in [1.165, 1.54) is 50.5 Å². The summed E-state index contributed by atoms with van der Waals surface area (Å²) in [5, 5.41) is 4.49. The maximum absolute atomic E-state index is 5.86. The Bertz CT molecular complexity index is 730. The molecule has 1 aromatic heterocycles. The first-order valence-corrected chi connectivity index (χ1v) is 10.7. The van der Waals surface area contributed by atoms with Gasteiger partial charge in [-0.3, -0.25) is 4.98 Å². The molecule has 3 rings (SSSR count). The fraction of sp³-hybridized carbons (Fsp3) is 0.478. The summed E-state index contributed by atoms with van der Waals surface area (Å²) in [6.07, 6.45) is 12.8. The predicted molar refractivity (Wildman–Crippen MR) is 118 cm³/mol. The van der Waals surface area contributed by atoms with Crippen LogP contribution in [-0.2, 0) is 13.1 Å². The highest BCUT2D eigenvalue weighted by Gasteiger charge is 2.17. The van der Waals surface area contributed by atoms with Crippen molar-refractivity contribution < 1.29 is 4.74 Å². The van der Waals surface area contributed by atoms with Crippen molar-refractivity contribution in [2.75, 3.05) is 7.11 Å². The van der Waals surface area contributed by atoms with E-state index in [1.807, 2.05) is 24.4 Å². The average molecular weight is 398 g/mol. The Hall–Kier alpha value is -2.14. The number of thiocarbonyl (C=S) groups is 1. The zero-order chi connectivity index (χ0) is 19.6. The summed E-state index contributed by atoms with van der Waals surface area (Å²) < 4.78 is 5.39. The third-order valence-corrected chi connectivity index (χ3v) is 5.70. The molecule has 0 bridgehead atoms. The van der Waals surface area contributed by atoms with Crippen LogP contribution >= 0.6 is 12.2 Å². The normalized spacial score (nSPS) is 15.3. The van der Waals surface area contributed by atoms with Crippen molar-refractivity contribution in [3.05, 3.63) is 59.9 Å². The molecule has 0 unspecified atom stereocenters. The van der Waals surface area contributed by atoms with Crippen molar-refractivity contribution in [2.24, 2.45) is 0 Å². The van der Waals surface area contributed by atoms with Gasteiger partial charge in [-0.05, 0) is 54.4 Å². The number of hydrogen-bond donors (Lipinski definition) is 1. The predicted octanol–water partition coefficient (Wildman–Crippen LogP) is 5.08. The lowest BCUT2D eigenvalue weighted by Gasteiger charge is -2.30. The molecule has 1 aliphatic carbocycles. The van der Waals surface area contributed by atoms with Gasteiger partial charge in [0.1, 0.15) is 5.75 Å². The Kier molecular flexibility index (Phi) is 8.09. The molecule has 150 valence electrons. The molecule has 1 aromatic carbocycles. The van der Waals surface area contributed by atoms with E-state index in [-0.39, 0.29) is 0 Å². The largest absolute Gasteiger partial charge is 0.497 e. The second-order valence-corrected chi connectivity index (χ2v) is 7.95. The second-order valence-electron chi connectivity index (χ2n) is 7.56. The molecule has 1 N–H and O–H groups in total. The lowest BCUT2D eigenvalue weighted by atomic mass is 9.97. The van der Waals surface area contributed by atoms with Crippen molar-refractivity contribution in [1.29, 1.82) is 0 Å². The van der Waals surface area contributed by atoms with Crippen LogP contribution < -0.4 is 10.1 Å². The number of methoxy groups -OCH3 is 1. The van der Waals surface area contributed by atoms with Crippen LogP contribution in [-0.4, -0.2) is 28.1 Å². The molecule has 5 heteroatoms. The summed E-state index contributed by atoms with van der Waals surface area (Å²) in [7, 11) is 1.70. The second kappa shape index (κ2) is 11.0. The zero-order valence-corrected chi connectivity index (χ0v) is 17.6. The van der Waals surface area contributed by atoms with Gasteiger partial charge >= 0.3 is 0 Å². The van der Waals surface area contributed by atoms with Crippen molar-refractivity contribution >= 4 is 17.3 Å². The lowest BCUT2D eigenvalue weighted by Crippen LogP contribution is -2.44. The van der Waals surface area contributed by atoms with Gasteiger partial charge in [0.2, 0.25) is 0 Å². The first-order valence-electron chi connectivity index (χ1n) is 10.3. The van der Waals surface area contributed by atoms with Crippen LogP contribution in [0, 0.1) is 0 Å². The van der Waals surface area contributed by atoms with Gasteiger partial charge in [0.25, 0.3) is 0 Å². The molecular formula is C23H31N3OS. The summed E-state index contributed by atoms with van der Waals surface area (Å²) in [5.74, 6) is 0.873. The Morgan fingerprint density at radius 1 is 1.07 bits per heavy atom. The molecule has 0 amide bonds. The Morgan fingerprint density at radius 2 is 1.79 bits per heavy atom. The number of aromatic nitrogens is 1. The molecule has 0 radical (unpaired) electrons. The molecule has 1 heterocycles. The minimum Gasteiger partial charge on any atom is -0.497 e. The molecule has 1 saturated carbocycles. The highest BCUT2D eigenvalue weighted by molar-refractivity contribution is 7.80. The maximum Gasteiger partial charge on any atom is 0.169 e. The monoisotopic (exact) mass is 397 g/mol. The molecule has 4 nitrogen and oxygen atoms in total. The molecule has 0 saturated heterocycles. The Labute approximate surface area is 174 Å². The molecule has 1 fully saturated rings. The van der Waals surface area contributed by atoms with Crippen LogP contribution in [0.2, 0.25) is 0 Å². The van der Waals surface area contributed by atoms with Crippen LogP contribution in [0.5, 0.6) is 5.75 Å². The number of nitrogens with one attached hydrogen (secondary N) is 1. The summed E-state index contributed by atoms with van der Waals surface area (Å²) in [6, 6.07) is 12.8. The van der Waals surface area contributed by atoms with E-state index < -0.39 is 0 Å². The van der Waals surface area contributed by atoms with Crippen LogP contribution in [0.1, 0.15) is 56.1 Å². The van der Waals surface area contributed by atoms with Crippen LogP contribution in [0.3, 0.4) is 0 Å². The number of benzene rings is 1. The van der Waals surface area contributed by atoms with Gasteiger partial charge in [-0.2, -0.15) is 0 Å². The van der Waals surface area contributed by atoms with Gasteiger partial charge in [-0.15, -0.1) is 0 Å². The topological polar surface area (TPSA) is 37.4 Å². The van der Waals surface area contributed by atoms with E-state index in [0.717, 1.165) is 29.5 Å². The van der Waals surface area contributed by atoms with E-state index in [9.17, 15) is 0 Å². The van der Waals surface area contributed by atoms with Gasteiger partial charge in [0.15, 0.2) is 5.11 Å². The highest BCUT2D eigenvalue weighted by Crippen LogP contribution is 2.19. The zero-order valence-electron chi connectivity index (χ0n) is 16.8. The number of ether oxygens (including phenoxy) is 1. The third kappa shape index (κ3) is 6.48. The average Bonchev–Trinajstić information content (AvgIpc) is 2.70. The fourth-order valence-electron chi connectivity index (χ4n) is 3.77. The van der Waals surface area contributed by atoms with Crippen LogP contribution in [0.4, 0.5) is 0 Å². The SMILES string of the molecule is COc1cccc(CN(Cc2cccnc2)C(=S)NC2CCCCCCC2)c1. The van der Waals surface area contributed by atoms with Gasteiger partial charge in [0, 0.05) is 31.5 Å². The van der Waals surface area contributed by atoms with E-state index >= 15 is 0 Å². The lowest BCUT2D eigenvalue weighted by molar-refractivity contribution is 0.368. The molecule has 2 aromatic rings. The van der Waals surface area contributed by atoms with Crippen LogP contribution in [0.25, 0.3) is 0 Å². The van der Waals surface area contributed by atoms with Crippen molar-refractivity contribution in [1.82, 2.24) is 15.2 Å². The minimum atomic E-state index is 0.481. The molecule has 0 aliphatic heterocycles.